The van der Waals surface area contributed by atoms with E-state index in [1.807, 2.05) is 17.8 Å². The summed E-state index contributed by atoms with van der Waals surface area (Å²) in [5.41, 5.74) is 2.28. The van der Waals surface area contributed by atoms with Gasteiger partial charge in [0, 0.05) is 16.7 Å². The molecular formula is C17H23NOS. The molecule has 2 aromatic rings. The molecule has 3 heteroatoms. The zero-order chi connectivity index (χ0) is 14.1. The predicted molar refractivity (Wildman–Crippen MR) is 87.4 cm³/mol. The Balaban J connectivity index is 1.76. The summed E-state index contributed by atoms with van der Waals surface area (Å²) in [7, 11) is 0. The molecule has 0 spiro atoms. The summed E-state index contributed by atoms with van der Waals surface area (Å²) >= 11 is 2.00. The van der Waals surface area contributed by atoms with E-state index in [2.05, 4.69) is 43.6 Å². The number of hydrogen-bond donors (Lipinski definition) is 1. The Kier molecular flexibility index (Phi) is 4.08. The predicted octanol–water partition coefficient (Wildman–Crippen LogP) is 4.68. The zero-order valence-electron chi connectivity index (χ0n) is 12.5. The molecule has 1 aliphatic carbocycles. The standard InChI is InChI=1S/C17H23NOS/c1-11-15-6-4-5-7-16(15)19-17(11)12(2)18-13-8-9-14(10-13)20-3/h4-7,12-14,18H,8-10H2,1-3H3. The minimum absolute atomic E-state index is 0.285. The van der Waals surface area contributed by atoms with Crippen LogP contribution >= 0.6 is 11.8 Å². The molecule has 1 aliphatic rings. The van der Waals surface area contributed by atoms with Crippen molar-refractivity contribution in [2.45, 2.75) is 50.4 Å². The number of benzene rings is 1. The van der Waals surface area contributed by atoms with Gasteiger partial charge in [0.05, 0.1) is 6.04 Å². The van der Waals surface area contributed by atoms with E-state index < -0.39 is 0 Å². The van der Waals surface area contributed by atoms with Gasteiger partial charge in [-0.05, 0) is 51.0 Å². The lowest BCUT2D eigenvalue weighted by Gasteiger charge is -2.18. The van der Waals surface area contributed by atoms with Crippen LogP contribution in [0.15, 0.2) is 28.7 Å². The van der Waals surface area contributed by atoms with E-state index in [0.717, 1.165) is 16.6 Å². The van der Waals surface area contributed by atoms with Crippen molar-refractivity contribution in [3.63, 3.8) is 0 Å². The number of aryl methyl sites for hydroxylation is 1. The molecule has 1 heterocycles. The van der Waals surface area contributed by atoms with Gasteiger partial charge in [-0.15, -0.1) is 0 Å². The van der Waals surface area contributed by atoms with Gasteiger partial charge in [-0.2, -0.15) is 11.8 Å². The van der Waals surface area contributed by atoms with Gasteiger partial charge in [0.25, 0.3) is 0 Å². The molecule has 1 aromatic carbocycles. The number of nitrogens with one attached hydrogen (secondary N) is 1. The maximum absolute atomic E-state index is 6.06. The fourth-order valence-electron chi connectivity index (χ4n) is 3.34. The Hall–Kier alpha value is -0.930. The van der Waals surface area contributed by atoms with Gasteiger partial charge < -0.3 is 9.73 Å². The number of hydrogen-bond acceptors (Lipinski definition) is 3. The third kappa shape index (κ3) is 2.61. The van der Waals surface area contributed by atoms with Crippen LogP contribution in [0.1, 0.15) is 43.6 Å². The normalized spacial score (nSPS) is 24.4. The first-order valence-corrected chi connectivity index (χ1v) is 8.74. The van der Waals surface area contributed by atoms with Gasteiger partial charge >= 0.3 is 0 Å². The van der Waals surface area contributed by atoms with Crippen LogP contribution in [0.4, 0.5) is 0 Å². The highest BCUT2D eigenvalue weighted by Crippen LogP contribution is 2.32. The summed E-state index contributed by atoms with van der Waals surface area (Å²) in [6.45, 7) is 4.38. The largest absolute Gasteiger partial charge is 0.459 e. The summed E-state index contributed by atoms with van der Waals surface area (Å²) in [5.74, 6) is 1.10. The highest BCUT2D eigenvalue weighted by atomic mass is 32.2. The zero-order valence-corrected chi connectivity index (χ0v) is 13.3. The topological polar surface area (TPSA) is 25.2 Å². The molecule has 0 saturated heterocycles. The van der Waals surface area contributed by atoms with Crippen molar-refractivity contribution in [3.8, 4) is 0 Å². The molecule has 2 nitrogen and oxygen atoms in total. The lowest BCUT2D eigenvalue weighted by molar-refractivity contribution is 0.400. The maximum atomic E-state index is 6.06. The Morgan fingerprint density at radius 2 is 2.10 bits per heavy atom. The van der Waals surface area contributed by atoms with Gasteiger partial charge in [-0.25, -0.2) is 0 Å². The van der Waals surface area contributed by atoms with E-state index in [-0.39, 0.29) is 6.04 Å². The third-order valence-electron chi connectivity index (χ3n) is 4.48. The van der Waals surface area contributed by atoms with Gasteiger partial charge in [-0.1, -0.05) is 18.2 Å². The molecule has 108 valence electrons. The third-order valence-corrected chi connectivity index (χ3v) is 5.57. The molecule has 3 atom stereocenters. The molecule has 3 unspecified atom stereocenters. The first-order valence-electron chi connectivity index (χ1n) is 7.46. The van der Waals surface area contributed by atoms with Crippen molar-refractivity contribution in [3.05, 3.63) is 35.6 Å². The fraction of sp³-hybridized carbons (Fsp3) is 0.529. The Morgan fingerprint density at radius 3 is 2.80 bits per heavy atom. The summed E-state index contributed by atoms with van der Waals surface area (Å²) in [5, 5.41) is 5.82. The van der Waals surface area contributed by atoms with Gasteiger partial charge in [0.2, 0.25) is 0 Å². The molecular weight excluding hydrogens is 266 g/mol. The van der Waals surface area contributed by atoms with Crippen molar-refractivity contribution in [2.75, 3.05) is 6.26 Å². The van der Waals surface area contributed by atoms with E-state index in [0.29, 0.717) is 6.04 Å². The summed E-state index contributed by atoms with van der Waals surface area (Å²) in [6, 6.07) is 9.23. The molecule has 0 amide bonds. The second-order valence-electron chi connectivity index (χ2n) is 5.84. The highest BCUT2D eigenvalue weighted by Gasteiger charge is 2.26. The van der Waals surface area contributed by atoms with Crippen molar-refractivity contribution in [1.29, 1.82) is 0 Å². The molecule has 1 saturated carbocycles. The monoisotopic (exact) mass is 289 g/mol. The lowest BCUT2D eigenvalue weighted by Crippen LogP contribution is -2.29. The smallest absolute Gasteiger partial charge is 0.134 e. The van der Waals surface area contributed by atoms with E-state index >= 15 is 0 Å². The molecule has 0 aliphatic heterocycles. The number of fused-ring (bicyclic) bond motifs is 1. The summed E-state index contributed by atoms with van der Waals surface area (Å²) < 4.78 is 6.06. The highest BCUT2D eigenvalue weighted by molar-refractivity contribution is 7.99. The Morgan fingerprint density at radius 1 is 1.30 bits per heavy atom. The fourth-order valence-corrected chi connectivity index (χ4v) is 4.14. The number of thioether (sulfide) groups is 1. The number of furan rings is 1. The van der Waals surface area contributed by atoms with Crippen LogP contribution in [0.5, 0.6) is 0 Å². The van der Waals surface area contributed by atoms with Crippen molar-refractivity contribution in [2.24, 2.45) is 0 Å². The average molecular weight is 289 g/mol. The molecule has 1 fully saturated rings. The number of rotatable bonds is 4. The first kappa shape index (κ1) is 14.0. The van der Waals surface area contributed by atoms with Crippen LogP contribution < -0.4 is 5.32 Å². The van der Waals surface area contributed by atoms with Gasteiger partial charge in [0.15, 0.2) is 0 Å². The molecule has 1 aromatic heterocycles. The second kappa shape index (κ2) is 5.82. The summed E-state index contributed by atoms with van der Waals surface area (Å²) in [4.78, 5) is 0. The molecule has 20 heavy (non-hydrogen) atoms. The van der Waals surface area contributed by atoms with Crippen LogP contribution in [0.25, 0.3) is 11.0 Å². The van der Waals surface area contributed by atoms with Crippen molar-refractivity contribution in [1.82, 2.24) is 5.32 Å². The van der Waals surface area contributed by atoms with E-state index in [1.54, 1.807) is 0 Å². The van der Waals surface area contributed by atoms with Crippen LogP contribution in [0, 0.1) is 6.92 Å². The SMILES string of the molecule is CSC1CCC(NC(C)c2oc3ccccc3c2C)C1. The maximum Gasteiger partial charge on any atom is 0.134 e. The Bertz CT molecular complexity index is 592. The average Bonchev–Trinajstić information content (AvgIpc) is 3.04. The minimum Gasteiger partial charge on any atom is -0.459 e. The molecule has 3 rings (SSSR count). The van der Waals surface area contributed by atoms with Crippen LogP contribution in [0.3, 0.4) is 0 Å². The lowest BCUT2D eigenvalue weighted by atomic mass is 10.1. The van der Waals surface area contributed by atoms with Gasteiger partial charge in [-0.3, -0.25) is 0 Å². The Labute approximate surface area is 125 Å². The summed E-state index contributed by atoms with van der Waals surface area (Å²) in [6.07, 6.45) is 6.13. The van der Waals surface area contributed by atoms with Gasteiger partial charge in [0.1, 0.15) is 11.3 Å². The number of para-hydroxylation sites is 1. The molecule has 0 bridgehead atoms. The van der Waals surface area contributed by atoms with Crippen molar-refractivity contribution < 1.29 is 4.42 Å². The first-order chi connectivity index (χ1) is 9.69. The van der Waals surface area contributed by atoms with Crippen LogP contribution in [-0.2, 0) is 0 Å². The van der Waals surface area contributed by atoms with E-state index in [9.17, 15) is 0 Å². The molecule has 1 N–H and O–H groups in total. The minimum atomic E-state index is 0.285. The molecule has 0 radical (unpaired) electrons. The van der Waals surface area contributed by atoms with E-state index in [1.165, 1.54) is 30.2 Å². The van der Waals surface area contributed by atoms with Crippen LogP contribution in [-0.4, -0.2) is 17.5 Å². The second-order valence-corrected chi connectivity index (χ2v) is 6.98. The van der Waals surface area contributed by atoms with E-state index in [4.69, 9.17) is 4.42 Å². The van der Waals surface area contributed by atoms with Crippen LogP contribution in [0.2, 0.25) is 0 Å². The quantitative estimate of drug-likeness (QED) is 0.885. The van der Waals surface area contributed by atoms with Crippen molar-refractivity contribution >= 4 is 22.7 Å².